The fraction of sp³-hybridized carbons (Fsp3) is 0.533. The van der Waals surface area contributed by atoms with E-state index in [2.05, 4.69) is 28.6 Å². The van der Waals surface area contributed by atoms with Gasteiger partial charge in [-0.15, -0.1) is 24.0 Å². The number of guanidine groups is 1. The first-order valence-corrected chi connectivity index (χ1v) is 6.77. The summed E-state index contributed by atoms with van der Waals surface area (Å²) < 4.78 is 10.3. The Morgan fingerprint density at radius 1 is 1.19 bits per heavy atom. The highest BCUT2D eigenvalue weighted by Gasteiger charge is 2.01. The number of nitrogens with one attached hydrogen (secondary N) is 2. The summed E-state index contributed by atoms with van der Waals surface area (Å²) in [5.41, 5.74) is 2.35. The van der Waals surface area contributed by atoms with Gasteiger partial charge in [-0.3, -0.25) is 4.99 Å². The van der Waals surface area contributed by atoms with Gasteiger partial charge in [-0.2, -0.15) is 0 Å². The Kier molecular flexibility index (Phi) is 11.1. The highest BCUT2D eigenvalue weighted by atomic mass is 127. The van der Waals surface area contributed by atoms with E-state index in [9.17, 15) is 0 Å². The van der Waals surface area contributed by atoms with Crippen molar-refractivity contribution in [1.29, 1.82) is 0 Å². The van der Waals surface area contributed by atoms with Crippen molar-refractivity contribution in [3.63, 3.8) is 0 Å². The van der Waals surface area contributed by atoms with Gasteiger partial charge in [0, 0.05) is 33.9 Å². The molecule has 0 heterocycles. The molecule has 1 aromatic rings. The van der Waals surface area contributed by atoms with Crippen LogP contribution in [0.3, 0.4) is 0 Å². The normalized spacial score (nSPS) is 10.8. The van der Waals surface area contributed by atoms with Gasteiger partial charge in [-0.1, -0.05) is 6.07 Å². The Balaban J connectivity index is 0.00000400. The molecule has 0 aliphatic rings. The molecule has 0 radical (unpaired) electrons. The Bertz CT molecular complexity index is 439. The van der Waals surface area contributed by atoms with E-state index in [-0.39, 0.29) is 24.0 Å². The van der Waals surface area contributed by atoms with Gasteiger partial charge in [0.2, 0.25) is 0 Å². The summed E-state index contributed by atoms with van der Waals surface area (Å²) in [5.74, 6) is 1.67. The summed E-state index contributed by atoms with van der Waals surface area (Å²) in [6.07, 6.45) is 0.954. The Hall–Kier alpha value is -1.02. The van der Waals surface area contributed by atoms with Gasteiger partial charge >= 0.3 is 0 Å². The largest absolute Gasteiger partial charge is 0.497 e. The zero-order valence-electron chi connectivity index (χ0n) is 13.2. The average molecular weight is 407 g/mol. The summed E-state index contributed by atoms with van der Waals surface area (Å²) in [6.45, 7) is 4.36. The van der Waals surface area contributed by atoms with Crippen LogP contribution in [0.15, 0.2) is 23.2 Å². The highest BCUT2D eigenvalue weighted by Crippen LogP contribution is 2.16. The topological polar surface area (TPSA) is 54.9 Å². The lowest BCUT2D eigenvalue weighted by molar-refractivity contribution is 0.195. The standard InChI is InChI=1S/C15H25N3O2.HI/c1-12-8-13(10-14(9-12)20-4)11-18-15(16-2)17-6-5-7-19-3;/h8-10H,5-7,11H2,1-4H3,(H2,16,17,18);1H. The third-order valence-electron chi connectivity index (χ3n) is 2.85. The molecule has 1 aromatic carbocycles. The second-order valence-corrected chi connectivity index (χ2v) is 4.56. The van der Waals surface area contributed by atoms with Crippen LogP contribution in [0.1, 0.15) is 17.5 Å². The lowest BCUT2D eigenvalue weighted by Crippen LogP contribution is -2.37. The number of nitrogens with zero attached hydrogens (tertiary/aromatic N) is 1. The van der Waals surface area contributed by atoms with Crippen molar-refractivity contribution in [3.05, 3.63) is 29.3 Å². The molecule has 21 heavy (non-hydrogen) atoms. The van der Waals surface area contributed by atoms with Crippen molar-refractivity contribution < 1.29 is 9.47 Å². The molecule has 6 heteroatoms. The Morgan fingerprint density at radius 2 is 1.95 bits per heavy atom. The van der Waals surface area contributed by atoms with Crippen molar-refractivity contribution in [3.8, 4) is 5.75 Å². The van der Waals surface area contributed by atoms with Gasteiger partial charge < -0.3 is 20.1 Å². The van der Waals surface area contributed by atoms with E-state index >= 15 is 0 Å². The van der Waals surface area contributed by atoms with Crippen molar-refractivity contribution in [2.75, 3.05) is 34.4 Å². The smallest absolute Gasteiger partial charge is 0.191 e. The van der Waals surface area contributed by atoms with E-state index in [0.717, 1.165) is 31.3 Å². The molecule has 120 valence electrons. The van der Waals surface area contributed by atoms with E-state index in [1.54, 1.807) is 21.3 Å². The van der Waals surface area contributed by atoms with Gasteiger partial charge in [-0.05, 0) is 36.6 Å². The van der Waals surface area contributed by atoms with Crippen molar-refractivity contribution in [2.24, 2.45) is 4.99 Å². The molecule has 0 saturated carbocycles. The second kappa shape index (κ2) is 11.6. The molecule has 0 unspecified atom stereocenters. The zero-order valence-corrected chi connectivity index (χ0v) is 15.6. The number of aryl methyl sites for hydroxylation is 1. The number of aliphatic imine (C=N–C) groups is 1. The minimum Gasteiger partial charge on any atom is -0.497 e. The minimum atomic E-state index is 0. The molecule has 0 amide bonds. The Labute approximate surface area is 144 Å². The number of rotatable bonds is 7. The maximum atomic E-state index is 5.27. The van der Waals surface area contributed by atoms with E-state index in [0.29, 0.717) is 6.54 Å². The van der Waals surface area contributed by atoms with Crippen LogP contribution < -0.4 is 15.4 Å². The first kappa shape index (κ1) is 20.0. The molecule has 0 aliphatic carbocycles. The number of methoxy groups -OCH3 is 2. The van der Waals surface area contributed by atoms with Crippen molar-refractivity contribution >= 4 is 29.9 Å². The van der Waals surface area contributed by atoms with Gasteiger partial charge in [-0.25, -0.2) is 0 Å². The molecule has 0 bridgehead atoms. The maximum Gasteiger partial charge on any atom is 0.191 e. The first-order valence-electron chi connectivity index (χ1n) is 6.77. The summed E-state index contributed by atoms with van der Waals surface area (Å²) in [4.78, 5) is 4.19. The molecular formula is C15H26IN3O2. The van der Waals surface area contributed by atoms with Crippen LogP contribution in [0, 0.1) is 6.92 Å². The van der Waals surface area contributed by atoms with Gasteiger partial charge in [0.25, 0.3) is 0 Å². The number of benzene rings is 1. The molecular weight excluding hydrogens is 381 g/mol. The van der Waals surface area contributed by atoms with Crippen LogP contribution in [-0.2, 0) is 11.3 Å². The summed E-state index contributed by atoms with van der Waals surface area (Å²) in [5, 5.41) is 6.53. The predicted molar refractivity (Wildman–Crippen MR) is 97.8 cm³/mol. The molecule has 0 fully saturated rings. The molecule has 5 nitrogen and oxygen atoms in total. The van der Waals surface area contributed by atoms with Crippen molar-refractivity contribution in [1.82, 2.24) is 10.6 Å². The van der Waals surface area contributed by atoms with Crippen LogP contribution in [-0.4, -0.2) is 40.4 Å². The van der Waals surface area contributed by atoms with Crippen LogP contribution in [0.5, 0.6) is 5.75 Å². The number of halogens is 1. The van der Waals surface area contributed by atoms with Gasteiger partial charge in [0.05, 0.1) is 7.11 Å². The molecule has 0 aromatic heterocycles. The lowest BCUT2D eigenvalue weighted by atomic mass is 10.1. The van der Waals surface area contributed by atoms with E-state index < -0.39 is 0 Å². The van der Waals surface area contributed by atoms with E-state index in [4.69, 9.17) is 9.47 Å². The Morgan fingerprint density at radius 3 is 2.57 bits per heavy atom. The molecule has 0 atom stereocenters. The molecule has 0 saturated heterocycles. The molecule has 1 rings (SSSR count). The average Bonchev–Trinajstić information content (AvgIpc) is 2.46. The number of ether oxygens (including phenoxy) is 2. The summed E-state index contributed by atoms with van der Waals surface area (Å²) >= 11 is 0. The highest BCUT2D eigenvalue weighted by molar-refractivity contribution is 14.0. The van der Waals surface area contributed by atoms with Crippen LogP contribution in [0.25, 0.3) is 0 Å². The third kappa shape index (κ3) is 8.11. The van der Waals surface area contributed by atoms with Crippen LogP contribution in [0.4, 0.5) is 0 Å². The summed E-state index contributed by atoms with van der Waals surface area (Å²) in [6, 6.07) is 6.17. The second-order valence-electron chi connectivity index (χ2n) is 4.56. The minimum absolute atomic E-state index is 0. The first-order chi connectivity index (χ1) is 9.69. The zero-order chi connectivity index (χ0) is 14.8. The molecule has 0 spiro atoms. The molecule has 2 N–H and O–H groups in total. The fourth-order valence-corrected chi connectivity index (χ4v) is 1.87. The number of hydrogen-bond donors (Lipinski definition) is 2. The SMILES string of the molecule is CN=C(NCCCOC)NCc1cc(C)cc(OC)c1.I. The fourth-order valence-electron chi connectivity index (χ4n) is 1.87. The van der Waals surface area contributed by atoms with E-state index in [1.165, 1.54) is 11.1 Å². The van der Waals surface area contributed by atoms with Crippen LogP contribution in [0.2, 0.25) is 0 Å². The monoisotopic (exact) mass is 407 g/mol. The van der Waals surface area contributed by atoms with Crippen molar-refractivity contribution in [2.45, 2.75) is 19.9 Å². The predicted octanol–water partition coefficient (Wildman–Crippen LogP) is 2.32. The summed E-state index contributed by atoms with van der Waals surface area (Å²) in [7, 11) is 5.16. The number of hydrogen-bond acceptors (Lipinski definition) is 3. The van der Waals surface area contributed by atoms with Gasteiger partial charge in [0.1, 0.15) is 5.75 Å². The third-order valence-corrected chi connectivity index (χ3v) is 2.85. The quantitative estimate of drug-likeness (QED) is 0.315. The maximum absolute atomic E-state index is 5.27. The van der Waals surface area contributed by atoms with Gasteiger partial charge in [0.15, 0.2) is 5.96 Å². The van der Waals surface area contributed by atoms with Crippen LogP contribution >= 0.6 is 24.0 Å². The lowest BCUT2D eigenvalue weighted by Gasteiger charge is -2.13. The molecule has 0 aliphatic heterocycles. The van der Waals surface area contributed by atoms with E-state index in [1.807, 2.05) is 12.1 Å².